The maximum atomic E-state index is 13.4. The Hall–Kier alpha value is -5.12. The summed E-state index contributed by atoms with van der Waals surface area (Å²) >= 11 is 0. The first-order chi connectivity index (χ1) is 26.6. The maximum Gasteiger partial charge on any atom is 0.257 e. The summed E-state index contributed by atoms with van der Waals surface area (Å²) in [5, 5.41) is 21.9. The average molecular weight is 751 g/mol. The number of aromatic amines is 1. The van der Waals surface area contributed by atoms with E-state index in [1.807, 2.05) is 50.2 Å². The van der Waals surface area contributed by atoms with Crippen molar-refractivity contribution in [2.24, 2.45) is 0 Å². The lowest BCUT2D eigenvalue weighted by atomic mass is 10.0. The zero-order valence-electron chi connectivity index (χ0n) is 31.8. The lowest BCUT2D eigenvalue weighted by Gasteiger charge is -2.40. The van der Waals surface area contributed by atoms with Gasteiger partial charge in [-0.15, -0.1) is 0 Å². The Morgan fingerprint density at radius 3 is 2.51 bits per heavy atom. The first kappa shape index (κ1) is 36.8. The Morgan fingerprint density at radius 1 is 0.927 bits per heavy atom. The molecule has 6 heterocycles. The van der Waals surface area contributed by atoms with E-state index in [1.165, 1.54) is 4.90 Å². The van der Waals surface area contributed by atoms with E-state index in [1.54, 1.807) is 12.4 Å². The molecule has 0 saturated carbocycles. The van der Waals surface area contributed by atoms with Crippen LogP contribution in [0.15, 0.2) is 48.8 Å². The highest BCUT2D eigenvalue weighted by molar-refractivity contribution is 6.06. The monoisotopic (exact) mass is 750 g/mol. The Bertz CT molecular complexity index is 2060. The minimum absolute atomic E-state index is 0.0857. The summed E-state index contributed by atoms with van der Waals surface area (Å²) in [5.74, 6) is 0.462. The number of amides is 3. The van der Waals surface area contributed by atoms with Crippen LogP contribution in [0.25, 0.3) is 22.3 Å². The van der Waals surface area contributed by atoms with Crippen molar-refractivity contribution < 1.29 is 24.2 Å². The quantitative estimate of drug-likeness (QED) is 0.152. The third-order valence-corrected chi connectivity index (χ3v) is 11.4. The number of H-pyrrole nitrogens is 1. The molecule has 0 bridgehead atoms. The van der Waals surface area contributed by atoms with Gasteiger partial charge in [0, 0.05) is 86.5 Å². The molecule has 4 aliphatic heterocycles. The summed E-state index contributed by atoms with van der Waals surface area (Å²) in [5.41, 5.74) is 4.38. The second kappa shape index (κ2) is 15.6. The number of rotatable bonds is 11. The van der Waals surface area contributed by atoms with E-state index in [4.69, 9.17) is 4.74 Å². The fraction of sp³-hybridized carbons (Fsp3) is 0.500. The highest BCUT2D eigenvalue weighted by atomic mass is 16.5. The fourth-order valence-electron chi connectivity index (χ4n) is 8.41. The zero-order chi connectivity index (χ0) is 38.2. The molecule has 2 aromatic heterocycles. The van der Waals surface area contributed by atoms with Crippen LogP contribution >= 0.6 is 0 Å². The van der Waals surface area contributed by atoms with Crippen LogP contribution in [0.2, 0.25) is 0 Å². The van der Waals surface area contributed by atoms with Crippen LogP contribution in [0.4, 0.5) is 11.5 Å². The molecule has 3 N–H and O–H groups in total. The number of anilines is 2. The molecule has 0 spiro atoms. The van der Waals surface area contributed by atoms with E-state index in [0.29, 0.717) is 17.2 Å². The van der Waals surface area contributed by atoms with Crippen LogP contribution in [0.3, 0.4) is 0 Å². The number of nitrogens with zero attached hydrogens (tertiary/aromatic N) is 8. The lowest BCUT2D eigenvalue weighted by molar-refractivity contribution is -0.139. The first-order valence-electron chi connectivity index (χ1n) is 19.5. The number of nitrogens with one attached hydrogen (secondary N) is 2. The highest BCUT2D eigenvalue weighted by Gasteiger charge is 2.44. The van der Waals surface area contributed by atoms with Crippen LogP contribution in [0.1, 0.15) is 68.6 Å². The smallest absolute Gasteiger partial charge is 0.257 e. The van der Waals surface area contributed by atoms with E-state index in [-0.39, 0.29) is 30.8 Å². The number of aliphatic hydroxyl groups is 1. The van der Waals surface area contributed by atoms with Crippen molar-refractivity contribution in [1.82, 2.24) is 40.2 Å². The van der Waals surface area contributed by atoms with Gasteiger partial charge in [0.1, 0.15) is 29.6 Å². The molecule has 2 unspecified atom stereocenters. The number of aromatic nitrogens is 4. The van der Waals surface area contributed by atoms with Gasteiger partial charge < -0.3 is 19.6 Å². The van der Waals surface area contributed by atoms with Gasteiger partial charge in [-0.05, 0) is 83.5 Å². The van der Waals surface area contributed by atoms with Crippen molar-refractivity contribution >= 4 is 40.1 Å². The molecule has 15 heteroatoms. The highest BCUT2D eigenvalue weighted by Crippen LogP contribution is 2.37. The lowest BCUT2D eigenvalue weighted by Crippen LogP contribution is -2.53. The molecule has 0 aliphatic carbocycles. The minimum atomic E-state index is -1.20. The second-order valence-electron chi connectivity index (χ2n) is 15.4. The molecule has 3 amide bonds. The van der Waals surface area contributed by atoms with Gasteiger partial charge >= 0.3 is 0 Å². The molecule has 290 valence electrons. The molecule has 15 nitrogen and oxygen atoms in total. The molecular formula is C40H50N10O5. The van der Waals surface area contributed by atoms with Crippen molar-refractivity contribution in [3.8, 4) is 17.1 Å². The van der Waals surface area contributed by atoms with Gasteiger partial charge in [0.25, 0.3) is 5.91 Å². The minimum Gasteiger partial charge on any atom is -0.491 e. The van der Waals surface area contributed by atoms with Gasteiger partial charge in [-0.25, -0.2) is 9.97 Å². The molecule has 55 heavy (non-hydrogen) atoms. The van der Waals surface area contributed by atoms with Gasteiger partial charge in [-0.3, -0.25) is 39.5 Å². The fourth-order valence-corrected chi connectivity index (χ4v) is 8.41. The number of hydrogen-bond acceptors (Lipinski definition) is 12. The zero-order valence-corrected chi connectivity index (χ0v) is 31.8. The standard InChI is InChI=1S/C40H50N10O5/c1-25(2)55-28-7-9-32-31(21-28)37(45-44-32)33-22-35(42-24-41-33)49-19-18-47(26(3)23-49)13-5-4-12-46-14-16-48(17-15-46)27-6-8-29-30(20-27)40(54)50(39(29)53)34-10-11-36(51)43-38(34)52/h6-9,20-22,24-26,34,39,53H,4-5,10-19,23H2,1-3H3,(H,44,45)(H,43,51,52)/t26-,34?,39?/m0/s1. The van der Waals surface area contributed by atoms with Gasteiger partial charge in [0.05, 0.1) is 17.3 Å². The number of carbonyl (C=O) groups is 3. The number of fused-ring (bicyclic) bond motifs is 2. The maximum absolute atomic E-state index is 13.4. The van der Waals surface area contributed by atoms with Crippen LogP contribution in [0, 0.1) is 0 Å². The first-order valence-corrected chi connectivity index (χ1v) is 19.5. The second-order valence-corrected chi connectivity index (χ2v) is 15.4. The molecule has 8 rings (SSSR count). The molecule has 2 aromatic carbocycles. The van der Waals surface area contributed by atoms with E-state index in [0.717, 1.165) is 111 Å². The average Bonchev–Trinajstić information content (AvgIpc) is 3.71. The molecule has 3 fully saturated rings. The Morgan fingerprint density at radius 2 is 1.73 bits per heavy atom. The summed E-state index contributed by atoms with van der Waals surface area (Å²) in [6.45, 7) is 14.8. The molecule has 0 radical (unpaired) electrons. The molecule has 3 saturated heterocycles. The number of ether oxygens (including phenoxy) is 1. The predicted molar refractivity (Wildman–Crippen MR) is 208 cm³/mol. The molecule has 4 aromatic rings. The van der Waals surface area contributed by atoms with Crippen molar-refractivity contribution in [3.63, 3.8) is 0 Å². The van der Waals surface area contributed by atoms with Crippen molar-refractivity contribution in [1.29, 1.82) is 0 Å². The number of imide groups is 1. The number of unbranched alkanes of at least 4 members (excludes halogenated alkanes) is 1. The van der Waals surface area contributed by atoms with Crippen molar-refractivity contribution in [2.75, 3.05) is 68.7 Å². The summed E-state index contributed by atoms with van der Waals surface area (Å²) in [4.78, 5) is 57.6. The summed E-state index contributed by atoms with van der Waals surface area (Å²) in [6.07, 6.45) is 3.13. The van der Waals surface area contributed by atoms with Crippen LogP contribution in [-0.4, -0.2) is 135 Å². The van der Waals surface area contributed by atoms with Crippen molar-refractivity contribution in [2.45, 2.75) is 70.9 Å². The van der Waals surface area contributed by atoms with Gasteiger partial charge in [0.15, 0.2) is 6.23 Å². The number of piperazine rings is 2. The number of aliphatic hydroxyl groups excluding tert-OH is 1. The van der Waals surface area contributed by atoms with E-state index in [2.05, 4.69) is 52.0 Å². The largest absolute Gasteiger partial charge is 0.491 e. The molecular weight excluding hydrogens is 701 g/mol. The third-order valence-electron chi connectivity index (χ3n) is 11.4. The van der Waals surface area contributed by atoms with Gasteiger partial charge in [-0.1, -0.05) is 6.07 Å². The van der Waals surface area contributed by atoms with Crippen molar-refractivity contribution in [3.05, 3.63) is 59.9 Å². The topological polar surface area (TPSA) is 163 Å². The predicted octanol–water partition coefficient (Wildman–Crippen LogP) is 3.17. The molecule has 3 atom stereocenters. The van der Waals surface area contributed by atoms with Crippen LogP contribution in [-0.2, 0) is 9.59 Å². The molecule has 4 aliphatic rings. The SMILES string of the molecule is CC(C)Oc1ccc2[nH]nc(-c3cc(N4CCN(CCCCN5CCN(c6ccc7c(c6)C(=O)N(C6CCC(=O)NC6=O)C7O)CC5)[C@@H](C)C4)ncn3)c2c1. The van der Waals surface area contributed by atoms with E-state index >= 15 is 0 Å². The van der Waals surface area contributed by atoms with Crippen LogP contribution in [0.5, 0.6) is 5.75 Å². The number of benzene rings is 2. The summed E-state index contributed by atoms with van der Waals surface area (Å²) < 4.78 is 5.92. The number of hydrogen-bond donors (Lipinski definition) is 3. The van der Waals surface area contributed by atoms with Gasteiger partial charge in [0.2, 0.25) is 11.8 Å². The van der Waals surface area contributed by atoms with Crippen LogP contribution < -0.4 is 19.9 Å². The summed E-state index contributed by atoms with van der Waals surface area (Å²) in [7, 11) is 0. The third kappa shape index (κ3) is 7.60. The van der Waals surface area contributed by atoms with E-state index in [9.17, 15) is 19.5 Å². The summed E-state index contributed by atoms with van der Waals surface area (Å²) in [6, 6.07) is 13.1. The normalized spacial score (nSPS) is 22.5. The number of carbonyl (C=O) groups excluding carboxylic acids is 3. The Labute approximate surface area is 320 Å². The Balaban J connectivity index is 0.786. The Kier molecular flexibility index (Phi) is 10.4. The van der Waals surface area contributed by atoms with E-state index < -0.39 is 18.2 Å². The van der Waals surface area contributed by atoms with Gasteiger partial charge in [-0.2, -0.15) is 5.10 Å². The number of piperidine rings is 1.